The van der Waals surface area contributed by atoms with Crippen LogP contribution < -0.4 is 0 Å². The molecule has 1 aliphatic carbocycles. The molecule has 0 aromatic carbocycles. The van der Waals surface area contributed by atoms with Crippen LogP contribution in [0, 0.1) is 5.92 Å². The Kier molecular flexibility index (Phi) is 4.44. The van der Waals surface area contributed by atoms with Crippen LogP contribution in [0.2, 0.25) is 0 Å². The highest BCUT2D eigenvalue weighted by atomic mass is 32.1. The molecule has 1 rings (SSSR count). The smallest absolute Gasteiger partial charge is 0 e. The third-order valence-corrected chi connectivity index (χ3v) is 1.89. The molecule has 0 unspecified atom stereocenters. The highest BCUT2D eigenvalue weighted by molar-refractivity contribution is 7.59. The van der Waals surface area contributed by atoms with E-state index in [1.807, 2.05) is 0 Å². The Balaban J connectivity index is 0.000000490. The molecule has 1 fully saturated rings. The molecule has 0 aliphatic heterocycles. The first-order valence-electron chi connectivity index (χ1n) is 3.39. The van der Waals surface area contributed by atoms with E-state index in [-0.39, 0.29) is 13.5 Å². The van der Waals surface area contributed by atoms with Gasteiger partial charge in [-0.3, -0.25) is 0 Å². The van der Waals surface area contributed by atoms with E-state index in [4.69, 9.17) is 0 Å². The van der Waals surface area contributed by atoms with Crippen molar-refractivity contribution in [1.82, 2.24) is 0 Å². The molecule has 0 heterocycles. The normalized spacial score (nSPS) is 22.1. The number of rotatable bonds is 0. The molecule has 0 spiro atoms. The third-order valence-electron chi connectivity index (χ3n) is 1.89. The average Bonchev–Trinajstić information content (AvgIpc) is 1.69. The number of hydrogen-bond donors (Lipinski definition) is 0. The first-order valence-corrected chi connectivity index (χ1v) is 3.39. The molecule has 8 heavy (non-hydrogen) atoms. The largest absolute Gasteiger partial charge is 0.0625 e. The highest BCUT2D eigenvalue weighted by Crippen LogP contribution is 2.21. The molecule has 1 aliphatic rings. The summed E-state index contributed by atoms with van der Waals surface area (Å²) in [6.07, 6.45) is 7.44. The van der Waals surface area contributed by atoms with Crippen LogP contribution in [0.15, 0.2) is 0 Å². The van der Waals surface area contributed by atoms with E-state index in [9.17, 15) is 0 Å². The van der Waals surface area contributed by atoms with E-state index in [2.05, 4.69) is 6.92 Å². The Morgan fingerprint density at radius 2 is 1.50 bits per heavy atom. The van der Waals surface area contributed by atoms with Crippen LogP contribution in [0.1, 0.15) is 39.0 Å². The van der Waals surface area contributed by atoms with E-state index in [1.165, 1.54) is 32.1 Å². The lowest BCUT2D eigenvalue weighted by Gasteiger charge is -2.15. The minimum absolute atomic E-state index is 0. The van der Waals surface area contributed by atoms with E-state index >= 15 is 0 Å². The fourth-order valence-corrected chi connectivity index (χ4v) is 1.31. The fraction of sp³-hybridized carbons (Fsp3) is 1.00. The topological polar surface area (TPSA) is 0 Å². The van der Waals surface area contributed by atoms with Crippen molar-refractivity contribution in [2.45, 2.75) is 39.0 Å². The SMILES string of the molecule is CC1CCCCC1.[S]. The van der Waals surface area contributed by atoms with Gasteiger partial charge in [0.05, 0.1) is 0 Å². The van der Waals surface area contributed by atoms with Gasteiger partial charge in [-0.15, -0.1) is 0 Å². The van der Waals surface area contributed by atoms with Gasteiger partial charge < -0.3 is 0 Å². The maximum atomic E-state index is 2.36. The predicted molar refractivity (Wildman–Crippen MR) is 39.8 cm³/mol. The van der Waals surface area contributed by atoms with Gasteiger partial charge in [-0.25, -0.2) is 0 Å². The minimum atomic E-state index is 0. The first-order chi connectivity index (χ1) is 3.39. The fourth-order valence-electron chi connectivity index (χ4n) is 1.31. The monoisotopic (exact) mass is 130 g/mol. The molecule has 0 atom stereocenters. The summed E-state index contributed by atoms with van der Waals surface area (Å²) in [4.78, 5) is 0. The van der Waals surface area contributed by atoms with Crippen molar-refractivity contribution < 1.29 is 0 Å². The summed E-state index contributed by atoms with van der Waals surface area (Å²) in [7, 11) is 0. The Hall–Kier alpha value is 0.350. The second-order valence-corrected chi connectivity index (χ2v) is 2.74. The molecule has 0 saturated heterocycles. The van der Waals surface area contributed by atoms with Crippen LogP contribution in [0.4, 0.5) is 0 Å². The van der Waals surface area contributed by atoms with Crippen molar-refractivity contribution in [3.8, 4) is 0 Å². The molecule has 1 heteroatoms. The Morgan fingerprint density at radius 3 is 1.75 bits per heavy atom. The molecule has 0 aromatic rings. The van der Waals surface area contributed by atoms with Gasteiger partial charge in [0.1, 0.15) is 0 Å². The molecular formula is C7H14S. The summed E-state index contributed by atoms with van der Waals surface area (Å²) in [5, 5.41) is 0. The lowest BCUT2D eigenvalue weighted by Crippen LogP contribution is -1.99. The molecule has 0 nitrogen and oxygen atoms in total. The van der Waals surface area contributed by atoms with Crippen LogP contribution in [0.3, 0.4) is 0 Å². The lowest BCUT2D eigenvalue weighted by molar-refractivity contribution is 0.385. The maximum absolute atomic E-state index is 2.36. The summed E-state index contributed by atoms with van der Waals surface area (Å²) < 4.78 is 0. The lowest BCUT2D eigenvalue weighted by atomic mass is 9.91. The molecular weight excluding hydrogens is 116 g/mol. The van der Waals surface area contributed by atoms with Gasteiger partial charge in [0.15, 0.2) is 0 Å². The van der Waals surface area contributed by atoms with E-state index < -0.39 is 0 Å². The summed E-state index contributed by atoms with van der Waals surface area (Å²) in [6, 6.07) is 0. The first kappa shape index (κ1) is 8.35. The second kappa shape index (κ2) is 4.25. The van der Waals surface area contributed by atoms with Crippen LogP contribution in [0.25, 0.3) is 0 Å². The standard InChI is InChI=1S/C7H14.S/c1-7-5-3-2-4-6-7;/h7H,2-6H2,1H3;. The van der Waals surface area contributed by atoms with Crippen molar-refractivity contribution in [2.75, 3.05) is 0 Å². The molecule has 0 amide bonds. The molecule has 0 N–H and O–H groups in total. The molecule has 0 bridgehead atoms. The van der Waals surface area contributed by atoms with Gasteiger partial charge in [0.2, 0.25) is 0 Å². The molecule has 48 valence electrons. The van der Waals surface area contributed by atoms with Crippen molar-refractivity contribution in [1.29, 1.82) is 0 Å². The zero-order valence-electron chi connectivity index (χ0n) is 5.52. The van der Waals surface area contributed by atoms with Crippen LogP contribution in [0.5, 0.6) is 0 Å². The van der Waals surface area contributed by atoms with Crippen LogP contribution in [-0.4, -0.2) is 0 Å². The van der Waals surface area contributed by atoms with Crippen LogP contribution in [-0.2, 0) is 0 Å². The summed E-state index contributed by atoms with van der Waals surface area (Å²) in [5.41, 5.74) is 0. The highest BCUT2D eigenvalue weighted by Gasteiger charge is 2.05. The van der Waals surface area contributed by atoms with Crippen molar-refractivity contribution in [2.24, 2.45) is 5.92 Å². The van der Waals surface area contributed by atoms with Gasteiger partial charge >= 0.3 is 0 Å². The molecule has 1 saturated carbocycles. The van der Waals surface area contributed by atoms with E-state index in [0.29, 0.717) is 0 Å². The predicted octanol–water partition coefficient (Wildman–Crippen LogP) is 3.23. The van der Waals surface area contributed by atoms with Crippen molar-refractivity contribution in [3.05, 3.63) is 0 Å². The van der Waals surface area contributed by atoms with Gasteiger partial charge in [-0.2, -0.15) is 0 Å². The van der Waals surface area contributed by atoms with E-state index in [0.717, 1.165) is 5.92 Å². The Morgan fingerprint density at radius 1 is 1.00 bits per heavy atom. The van der Waals surface area contributed by atoms with Crippen molar-refractivity contribution >= 4 is 13.5 Å². The molecule has 2 radical (unpaired) electrons. The van der Waals surface area contributed by atoms with Gasteiger partial charge in [-0.05, 0) is 5.92 Å². The Bertz CT molecular complexity index is 46.3. The quantitative estimate of drug-likeness (QED) is 0.472. The van der Waals surface area contributed by atoms with Crippen molar-refractivity contribution in [3.63, 3.8) is 0 Å². The zero-order chi connectivity index (χ0) is 5.11. The Labute approximate surface area is 59.1 Å². The third kappa shape index (κ3) is 2.61. The minimum Gasteiger partial charge on any atom is -0.0625 e. The summed E-state index contributed by atoms with van der Waals surface area (Å²) in [6.45, 7) is 2.36. The van der Waals surface area contributed by atoms with Gasteiger partial charge in [0.25, 0.3) is 0 Å². The summed E-state index contributed by atoms with van der Waals surface area (Å²) in [5.74, 6) is 1.04. The maximum Gasteiger partial charge on any atom is 0 e. The average molecular weight is 130 g/mol. The zero-order valence-corrected chi connectivity index (χ0v) is 6.34. The summed E-state index contributed by atoms with van der Waals surface area (Å²) >= 11 is 0. The van der Waals surface area contributed by atoms with E-state index in [1.54, 1.807) is 0 Å². The second-order valence-electron chi connectivity index (χ2n) is 2.74. The molecule has 0 aromatic heterocycles. The van der Waals surface area contributed by atoms with Crippen LogP contribution >= 0.6 is 13.5 Å². The van der Waals surface area contributed by atoms with Gasteiger partial charge in [0, 0.05) is 13.5 Å². The number of hydrogen-bond acceptors (Lipinski definition) is 0. The van der Waals surface area contributed by atoms with Gasteiger partial charge in [-0.1, -0.05) is 39.0 Å².